The van der Waals surface area contributed by atoms with E-state index in [-0.39, 0.29) is 0 Å². The van der Waals surface area contributed by atoms with E-state index >= 15 is 0 Å². The van der Waals surface area contributed by atoms with Gasteiger partial charge in [-0.05, 0) is 38.1 Å². The Morgan fingerprint density at radius 3 is 2.68 bits per heavy atom. The number of aryl methyl sites for hydroxylation is 1. The number of morpholine rings is 1. The minimum absolute atomic E-state index is 0.465. The van der Waals surface area contributed by atoms with Gasteiger partial charge >= 0.3 is 0 Å². The molecule has 0 spiro atoms. The van der Waals surface area contributed by atoms with E-state index in [0.29, 0.717) is 12.5 Å². The van der Waals surface area contributed by atoms with Gasteiger partial charge in [-0.2, -0.15) is 0 Å². The Labute approximate surface area is 167 Å². The molecule has 0 radical (unpaired) electrons. The van der Waals surface area contributed by atoms with Crippen molar-refractivity contribution in [3.05, 3.63) is 59.7 Å². The molecule has 150 valence electrons. The number of hydrogen-bond donors (Lipinski definition) is 2. The largest absolute Gasteiger partial charge is 0.457 e. The first kappa shape index (κ1) is 20.2. The van der Waals surface area contributed by atoms with Gasteiger partial charge in [0.1, 0.15) is 11.5 Å². The number of aliphatic imine (C=N–C) groups is 1. The quantitative estimate of drug-likeness (QED) is 0.417. The van der Waals surface area contributed by atoms with E-state index in [1.54, 1.807) is 0 Å². The molecule has 1 aliphatic heterocycles. The molecule has 0 unspecified atom stereocenters. The van der Waals surface area contributed by atoms with Crippen LogP contribution in [-0.2, 0) is 11.3 Å². The van der Waals surface area contributed by atoms with Crippen LogP contribution in [0, 0.1) is 6.92 Å². The highest BCUT2D eigenvalue weighted by Gasteiger charge is 2.09. The van der Waals surface area contributed by atoms with Gasteiger partial charge in [0.25, 0.3) is 0 Å². The van der Waals surface area contributed by atoms with Crippen molar-refractivity contribution in [3.63, 3.8) is 0 Å². The maximum atomic E-state index is 6.02. The van der Waals surface area contributed by atoms with Gasteiger partial charge in [0.05, 0.1) is 19.8 Å². The smallest absolute Gasteiger partial charge is 0.188 e. The second kappa shape index (κ2) is 10.7. The molecule has 6 heteroatoms. The lowest BCUT2D eigenvalue weighted by Gasteiger charge is -2.26. The van der Waals surface area contributed by atoms with Crippen LogP contribution in [-0.4, -0.2) is 50.3 Å². The fourth-order valence-electron chi connectivity index (χ4n) is 3.04. The first-order valence-corrected chi connectivity index (χ1v) is 9.87. The Morgan fingerprint density at radius 1 is 1.14 bits per heavy atom. The van der Waals surface area contributed by atoms with E-state index in [4.69, 9.17) is 15.2 Å². The molecule has 1 saturated heterocycles. The topological polar surface area (TPSA) is 72.1 Å². The van der Waals surface area contributed by atoms with Crippen molar-refractivity contribution >= 4 is 5.96 Å². The van der Waals surface area contributed by atoms with Gasteiger partial charge in [0, 0.05) is 25.2 Å². The summed E-state index contributed by atoms with van der Waals surface area (Å²) in [5, 5.41) is 3.20. The summed E-state index contributed by atoms with van der Waals surface area (Å²) in [5.74, 6) is 2.08. The van der Waals surface area contributed by atoms with Crippen molar-refractivity contribution in [3.8, 4) is 11.5 Å². The van der Waals surface area contributed by atoms with Gasteiger partial charge < -0.3 is 20.5 Å². The van der Waals surface area contributed by atoms with Gasteiger partial charge in [-0.3, -0.25) is 4.90 Å². The molecule has 0 amide bonds. The highest BCUT2D eigenvalue weighted by atomic mass is 16.5. The number of nitrogens with one attached hydrogen (secondary N) is 1. The Hall–Kier alpha value is -2.57. The van der Waals surface area contributed by atoms with Crippen LogP contribution in [0.4, 0.5) is 0 Å². The molecule has 0 bridgehead atoms. The number of rotatable bonds is 8. The Balaban J connectivity index is 1.46. The van der Waals surface area contributed by atoms with Crippen molar-refractivity contribution in [2.75, 3.05) is 39.4 Å². The van der Waals surface area contributed by atoms with Crippen LogP contribution < -0.4 is 15.8 Å². The van der Waals surface area contributed by atoms with Crippen molar-refractivity contribution < 1.29 is 9.47 Å². The summed E-state index contributed by atoms with van der Waals surface area (Å²) in [7, 11) is 0. The normalized spacial score (nSPS) is 15.4. The molecule has 0 atom stereocenters. The predicted octanol–water partition coefficient (Wildman–Crippen LogP) is 2.91. The molecule has 0 aliphatic carbocycles. The lowest BCUT2D eigenvalue weighted by atomic mass is 10.2. The van der Waals surface area contributed by atoms with Crippen LogP contribution in [0.1, 0.15) is 17.5 Å². The lowest BCUT2D eigenvalue weighted by molar-refractivity contribution is 0.0376. The summed E-state index contributed by atoms with van der Waals surface area (Å²) in [6, 6.07) is 15.9. The molecule has 3 rings (SSSR count). The van der Waals surface area contributed by atoms with Crippen LogP contribution in [0.3, 0.4) is 0 Å². The van der Waals surface area contributed by atoms with Crippen LogP contribution >= 0.6 is 0 Å². The third kappa shape index (κ3) is 6.55. The number of hydrogen-bond acceptors (Lipinski definition) is 4. The van der Waals surface area contributed by atoms with Crippen LogP contribution in [0.2, 0.25) is 0 Å². The molecule has 2 aromatic carbocycles. The van der Waals surface area contributed by atoms with E-state index in [0.717, 1.165) is 62.9 Å². The third-order valence-electron chi connectivity index (χ3n) is 4.70. The second-order valence-electron chi connectivity index (χ2n) is 6.96. The monoisotopic (exact) mass is 382 g/mol. The standard InChI is InChI=1S/C22H30N4O2/c1-18-7-9-20(10-8-18)28-21-6-3-2-5-19(21)17-25-22(23)24-11-4-12-26-13-15-27-16-14-26/h2-3,5-10H,4,11-17H2,1H3,(H3,23,24,25). The van der Waals surface area contributed by atoms with E-state index in [1.165, 1.54) is 5.56 Å². The molecule has 3 N–H and O–H groups in total. The molecule has 6 nitrogen and oxygen atoms in total. The highest BCUT2D eigenvalue weighted by Crippen LogP contribution is 2.26. The Morgan fingerprint density at radius 2 is 1.89 bits per heavy atom. The number of para-hydroxylation sites is 1. The maximum Gasteiger partial charge on any atom is 0.188 e. The number of guanidine groups is 1. The molecule has 28 heavy (non-hydrogen) atoms. The minimum Gasteiger partial charge on any atom is -0.457 e. The van der Waals surface area contributed by atoms with Gasteiger partial charge in [0.2, 0.25) is 0 Å². The highest BCUT2D eigenvalue weighted by molar-refractivity contribution is 5.77. The number of nitrogens with zero attached hydrogens (tertiary/aromatic N) is 2. The van der Waals surface area contributed by atoms with Gasteiger partial charge in [-0.25, -0.2) is 4.99 Å². The lowest BCUT2D eigenvalue weighted by Crippen LogP contribution is -2.39. The molecule has 0 aromatic heterocycles. The minimum atomic E-state index is 0.465. The molecule has 1 aliphatic rings. The van der Waals surface area contributed by atoms with Gasteiger partial charge in [-0.1, -0.05) is 35.9 Å². The van der Waals surface area contributed by atoms with Crippen molar-refractivity contribution in [1.82, 2.24) is 10.2 Å². The van der Waals surface area contributed by atoms with E-state index in [1.807, 2.05) is 48.5 Å². The zero-order valence-corrected chi connectivity index (χ0v) is 16.6. The van der Waals surface area contributed by atoms with E-state index in [9.17, 15) is 0 Å². The summed E-state index contributed by atoms with van der Waals surface area (Å²) in [5.41, 5.74) is 8.23. The summed E-state index contributed by atoms with van der Waals surface area (Å²) in [6.07, 6.45) is 1.03. The van der Waals surface area contributed by atoms with E-state index < -0.39 is 0 Å². The summed E-state index contributed by atoms with van der Waals surface area (Å²) < 4.78 is 11.4. The number of nitrogens with two attached hydrogens (primary N) is 1. The maximum absolute atomic E-state index is 6.02. The molecule has 0 saturated carbocycles. The summed E-state index contributed by atoms with van der Waals surface area (Å²) in [6.45, 7) is 8.10. The Bertz CT molecular complexity index is 755. The Kier molecular flexibility index (Phi) is 7.70. The average Bonchev–Trinajstić information content (AvgIpc) is 2.73. The number of benzene rings is 2. The first-order valence-electron chi connectivity index (χ1n) is 9.87. The van der Waals surface area contributed by atoms with Crippen molar-refractivity contribution in [1.29, 1.82) is 0 Å². The van der Waals surface area contributed by atoms with Crippen LogP contribution in [0.25, 0.3) is 0 Å². The van der Waals surface area contributed by atoms with Gasteiger partial charge in [0.15, 0.2) is 5.96 Å². The third-order valence-corrected chi connectivity index (χ3v) is 4.70. The van der Waals surface area contributed by atoms with E-state index in [2.05, 4.69) is 22.1 Å². The second-order valence-corrected chi connectivity index (χ2v) is 6.96. The summed E-state index contributed by atoms with van der Waals surface area (Å²) in [4.78, 5) is 6.88. The molecular formula is C22H30N4O2. The average molecular weight is 383 g/mol. The predicted molar refractivity (Wildman–Crippen MR) is 113 cm³/mol. The van der Waals surface area contributed by atoms with Crippen LogP contribution in [0.5, 0.6) is 11.5 Å². The molecule has 1 fully saturated rings. The molecular weight excluding hydrogens is 352 g/mol. The zero-order chi connectivity index (χ0) is 19.6. The SMILES string of the molecule is Cc1ccc(Oc2ccccc2CN=C(N)NCCCN2CCOCC2)cc1. The van der Waals surface area contributed by atoms with Crippen molar-refractivity contribution in [2.45, 2.75) is 19.9 Å². The number of ether oxygens (including phenoxy) is 2. The fourth-order valence-corrected chi connectivity index (χ4v) is 3.04. The first-order chi connectivity index (χ1) is 13.7. The zero-order valence-electron chi connectivity index (χ0n) is 16.6. The van der Waals surface area contributed by atoms with Crippen LogP contribution in [0.15, 0.2) is 53.5 Å². The van der Waals surface area contributed by atoms with Gasteiger partial charge in [-0.15, -0.1) is 0 Å². The fraction of sp³-hybridized carbons (Fsp3) is 0.409. The molecule has 2 aromatic rings. The molecule has 1 heterocycles. The summed E-state index contributed by atoms with van der Waals surface area (Å²) >= 11 is 0. The van der Waals surface area contributed by atoms with Crippen molar-refractivity contribution in [2.24, 2.45) is 10.7 Å².